The Hall–Kier alpha value is -2.44. The van der Waals surface area contributed by atoms with Gasteiger partial charge in [-0.15, -0.1) is 0 Å². The van der Waals surface area contributed by atoms with Gasteiger partial charge in [0, 0.05) is 0 Å². The summed E-state index contributed by atoms with van der Waals surface area (Å²) < 4.78 is 21.5. The molecule has 0 radical (unpaired) electrons. The number of carbonyl (C=O) groups excluding carboxylic acids is 1. The van der Waals surface area contributed by atoms with Gasteiger partial charge in [-0.25, -0.2) is 4.79 Å². The summed E-state index contributed by atoms with van der Waals surface area (Å²) in [4.78, 5) is 11.6. The molecule has 2 aromatic heterocycles. The van der Waals surface area contributed by atoms with Gasteiger partial charge in [0.15, 0.2) is 5.76 Å². The van der Waals surface area contributed by atoms with E-state index in [1.54, 1.807) is 18.4 Å². The lowest BCUT2D eigenvalue weighted by atomic mass is 10.0. The van der Waals surface area contributed by atoms with Crippen LogP contribution in [0.5, 0.6) is 5.88 Å². The number of carbonyl (C=O) groups is 1. The van der Waals surface area contributed by atoms with Crippen molar-refractivity contribution < 1.29 is 23.2 Å². The first-order valence-corrected chi connectivity index (χ1v) is 7.91. The molecule has 2 rings (SSSR count). The Morgan fingerprint density at radius 2 is 2.12 bits per heavy atom. The van der Waals surface area contributed by atoms with Gasteiger partial charge in [0.2, 0.25) is 5.76 Å². The molecule has 0 saturated heterocycles. The van der Waals surface area contributed by atoms with Crippen molar-refractivity contribution in [2.45, 2.75) is 46.1 Å². The Morgan fingerprint density at radius 1 is 1.38 bits per heavy atom. The van der Waals surface area contributed by atoms with E-state index in [1.165, 1.54) is 0 Å². The fraction of sp³-hybridized carbons (Fsp3) is 0.529. The van der Waals surface area contributed by atoms with E-state index in [0.29, 0.717) is 23.9 Å². The largest absolute Gasteiger partial charge is 0.473 e. The number of furan rings is 1. The summed E-state index contributed by atoms with van der Waals surface area (Å²) in [5.74, 6) is 1.71. The number of nitrogens with zero attached hydrogens (tertiary/aromatic N) is 1. The van der Waals surface area contributed by atoms with Crippen molar-refractivity contribution >= 4 is 6.09 Å². The van der Waals surface area contributed by atoms with Crippen LogP contribution in [0.2, 0.25) is 0 Å². The Balaban J connectivity index is 1.93. The Labute approximate surface area is 141 Å². The van der Waals surface area contributed by atoms with Gasteiger partial charge in [0.1, 0.15) is 12.2 Å². The molecule has 0 aromatic carbocycles. The molecular weight excluding hydrogens is 312 g/mol. The average Bonchev–Trinajstić information content (AvgIpc) is 3.10. The lowest BCUT2D eigenvalue weighted by molar-refractivity contribution is 0.0519. The fourth-order valence-corrected chi connectivity index (χ4v) is 2.10. The normalized spacial score (nSPS) is 11.6. The van der Waals surface area contributed by atoms with Gasteiger partial charge in [-0.1, -0.05) is 13.8 Å². The van der Waals surface area contributed by atoms with E-state index >= 15 is 0 Å². The molecule has 24 heavy (non-hydrogen) atoms. The van der Waals surface area contributed by atoms with Gasteiger partial charge in [0.25, 0.3) is 5.88 Å². The maximum atomic E-state index is 11.6. The van der Waals surface area contributed by atoms with Crippen molar-refractivity contribution in [1.82, 2.24) is 10.5 Å². The summed E-state index contributed by atoms with van der Waals surface area (Å²) in [5.41, 5.74) is 0.307. The third kappa shape index (κ3) is 4.78. The topological polar surface area (TPSA) is 86.7 Å². The molecule has 2 aromatic rings. The van der Waals surface area contributed by atoms with Crippen LogP contribution in [0, 0.1) is 0 Å². The molecule has 0 fully saturated rings. The van der Waals surface area contributed by atoms with Crippen LogP contribution in [-0.4, -0.2) is 30.0 Å². The fourth-order valence-electron chi connectivity index (χ4n) is 2.10. The van der Waals surface area contributed by atoms with Gasteiger partial charge in [-0.3, -0.25) is 0 Å². The quantitative estimate of drug-likeness (QED) is 0.803. The van der Waals surface area contributed by atoms with Crippen LogP contribution in [0.25, 0.3) is 11.5 Å². The van der Waals surface area contributed by atoms with Crippen LogP contribution < -0.4 is 10.1 Å². The maximum absolute atomic E-state index is 11.6. The standard InChI is InChI=1S/C17H24N2O5/c1-11(2)13-14(12-7-6-9-21-12)24-19-15(13)22-10-8-18-16(20)23-17(3,4)5/h6-7,9,11H,8,10H2,1-5H3,(H,18,20). The molecule has 0 aliphatic carbocycles. The minimum Gasteiger partial charge on any atom is -0.473 e. The van der Waals surface area contributed by atoms with Crippen molar-refractivity contribution in [2.75, 3.05) is 13.2 Å². The molecule has 0 unspecified atom stereocenters. The predicted octanol–water partition coefficient (Wildman–Crippen LogP) is 3.96. The lowest BCUT2D eigenvalue weighted by Gasteiger charge is -2.19. The molecule has 7 nitrogen and oxygen atoms in total. The predicted molar refractivity (Wildman–Crippen MR) is 88.0 cm³/mol. The molecule has 0 atom stereocenters. The highest BCUT2D eigenvalue weighted by Crippen LogP contribution is 2.36. The number of hydrogen-bond acceptors (Lipinski definition) is 6. The molecule has 1 amide bonds. The van der Waals surface area contributed by atoms with Gasteiger partial charge in [0.05, 0.1) is 18.4 Å². The number of aromatic nitrogens is 1. The first-order chi connectivity index (χ1) is 11.3. The zero-order chi connectivity index (χ0) is 17.7. The van der Waals surface area contributed by atoms with E-state index in [2.05, 4.69) is 10.5 Å². The van der Waals surface area contributed by atoms with Crippen LogP contribution in [0.4, 0.5) is 4.79 Å². The first-order valence-electron chi connectivity index (χ1n) is 7.91. The number of nitrogens with one attached hydrogen (secondary N) is 1. The Bertz CT molecular complexity index is 653. The van der Waals surface area contributed by atoms with Crippen molar-refractivity contribution in [3.63, 3.8) is 0 Å². The molecule has 0 aliphatic rings. The van der Waals surface area contributed by atoms with Gasteiger partial charge >= 0.3 is 6.09 Å². The van der Waals surface area contributed by atoms with Crippen LogP contribution in [0.1, 0.15) is 46.1 Å². The molecule has 0 saturated carbocycles. The van der Waals surface area contributed by atoms with Gasteiger partial charge in [-0.2, -0.15) is 0 Å². The molecule has 1 N–H and O–H groups in total. The van der Waals surface area contributed by atoms with Crippen molar-refractivity contribution in [1.29, 1.82) is 0 Å². The second kappa shape index (κ2) is 7.42. The van der Waals surface area contributed by atoms with E-state index in [9.17, 15) is 4.79 Å². The molecule has 7 heteroatoms. The van der Waals surface area contributed by atoms with E-state index in [1.807, 2.05) is 34.6 Å². The highest BCUT2D eigenvalue weighted by atomic mass is 16.6. The van der Waals surface area contributed by atoms with Crippen LogP contribution >= 0.6 is 0 Å². The van der Waals surface area contributed by atoms with Gasteiger partial charge in [-0.05, 0) is 44.0 Å². The number of rotatable bonds is 6. The van der Waals surface area contributed by atoms with Gasteiger partial charge < -0.3 is 23.7 Å². The minimum absolute atomic E-state index is 0.144. The van der Waals surface area contributed by atoms with E-state index in [4.69, 9.17) is 18.4 Å². The summed E-state index contributed by atoms with van der Waals surface area (Å²) >= 11 is 0. The summed E-state index contributed by atoms with van der Waals surface area (Å²) in [6, 6.07) is 3.59. The zero-order valence-corrected chi connectivity index (χ0v) is 14.7. The van der Waals surface area contributed by atoms with Crippen LogP contribution in [0.3, 0.4) is 0 Å². The van der Waals surface area contributed by atoms with Crippen molar-refractivity contribution in [2.24, 2.45) is 0 Å². The minimum atomic E-state index is -0.528. The molecule has 0 spiro atoms. The molecule has 132 valence electrons. The molecule has 2 heterocycles. The summed E-state index contributed by atoms with van der Waals surface area (Å²) in [6.07, 6.45) is 1.10. The molecular formula is C17H24N2O5. The zero-order valence-electron chi connectivity index (χ0n) is 14.7. The lowest BCUT2D eigenvalue weighted by Crippen LogP contribution is -2.34. The highest BCUT2D eigenvalue weighted by Gasteiger charge is 2.23. The third-order valence-electron chi connectivity index (χ3n) is 3.03. The number of alkyl carbamates (subject to hydrolysis) is 1. The van der Waals surface area contributed by atoms with Crippen molar-refractivity contribution in [3.8, 4) is 17.4 Å². The Kier molecular flexibility index (Phi) is 5.54. The third-order valence-corrected chi connectivity index (χ3v) is 3.03. The Morgan fingerprint density at radius 3 is 2.71 bits per heavy atom. The summed E-state index contributed by atoms with van der Waals surface area (Å²) in [5, 5.41) is 6.60. The second-order valence-corrected chi connectivity index (χ2v) is 6.64. The van der Waals surface area contributed by atoms with E-state index in [-0.39, 0.29) is 12.5 Å². The molecule has 0 aliphatic heterocycles. The number of amides is 1. The van der Waals surface area contributed by atoms with Crippen molar-refractivity contribution in [3.05, 3.63) is 24.0 Å². The monoisotopic (exact) mass is 336 g/mol. The first kappa shape index (κ1) is 17.9. The number of hydrogen-bond donors (Lipinski definition) is 1. The highest BCUT2D eigenvalue weighted by molar-refractivity contribution is 5.67. The SMILES string of the molecule is CC(C)c1c(OCCNC(=O)OC(C)(C)C)noc1-c1ccco1. The number of ether oxygens (including phenoxy) is 2. The maximum Gasteiger partial charge on any atom is 0.407 e. The average molecular weight is 336 g/mol. The van der Waals surface area contributed by atoms with Crippen LogP contribution in [-0.2, 0) is 4.74 Å². The smallest absolute Gasteiger partial charge is 0.407 e. The van der Waals surface area contributed by atoms with E-state index < -0.39 is 11.7 Å². The second-order valence-electron chi connectivity index (χ2n) is 6.64. The van der Waals surface area contributed by atoms with Crippen LogP contribution in [0.15, 0.2) is 27.3 Å². The summed E-state index contributed by atoms with van der Waals surface area (Å²) in [6.45, 7) is 10.0. The van der Waals surface area contributed by atoms with E-state index in [0.717, 1.165) is 5.56 Å². The molecule has 0 bridgehead atoms. The summed E-state index contributed by atoms with van der Waals surface area (Å²) in [7, 11) is 0.